The topological polar surface area (TPSA) is 78.4 Å². The van der Waals surface area contributed by atoms with E-state index >= 15 is 0 Å². The molecule has 0 atom stereocenters. The van der Waals surface area contributed by atoms with Crippen LogP contribution in [0.1, 0.15) is 11.1 Å². The third kappa shape index (κ3) is 5.41. The Morgan fingerprint density at radius 3 is 2.54 bits per heavy atom. The Morgan fingerprint density at radius 1 is 1.04 bits per heavy atom. The van der Waals surface area contributed by atoms with Crippen molar-refractivity contribution in [3.63, 3.8) is 0 Å². The van der Waals surface area contributed by atoms with E-state index in [9.17, 15) is 4.79 Å². The van der Waals surface area contributed by atoms with Gasteiger partial charge in [-0.05, 0) is 24.3 Å². The number of amides is 1. The molecule has 0 aromatic heterocycles. The van der Waals surface area contributed by atoms with Gasteiger partial charge in [0.25, 0.3) is 5.91 Å². The second kappa shape index (κ2) is 9.93. The molecule has 1 amide bonds. The zero-order valence-corrected chi connectivity index (χ0v) is 15.0. The van der Waals surface area contributed by atoms with E-state index < -0.39 is 0 Å². The van der Waals surface area contributed by atoms with Crippen LogP contribution < -0.4 is 19.5 Å². The quantitative estimate of drug-likeness (QED) is 0.550. The van der Waals surface area contributed by atoms with E-state index in [-0.39, 0.29) is 12.5 Å². The number of carbonyl (C=O) groups excluding carboxylic acids is 1. The largest absolute Gasteiger partial charge is 0.497 e. The van der Waals surface area contributed by atoms with Crippen molar-refractivity contribution in [1.29, 1.82) is 0 Å². The van der Waals surface area contributed by atoms with Gasteiger partial charge in [0.05, 0.1) is 27.5 Å². The second-order valence-electron chi connectivity index (χ2n) is 5.20. The molecule has 2 rings (SSSR count). The van der Waals surface area contributed by atoms with Gasteiger partial charge in [-0.2, -0.15) is 0 Å². The highest BCUT2D eigenvalue weighted by molar-refractivity contribution is 5.84. The molecule has 0 bridgehead atoms. The summed E-state index contributed by atoms with van der Waals surface area (Å²) in [6, 6.07) is 12.8. The van der Waals surface area contributed by atoms with Crippen molar-refractivity contribution in [1.82, 2.24) is 5.32 Å². The molecule has 0 saturated heterocycles. The fraction of sp³-hybridized carbons (Fsp3) is 0.263. The van der Waals surface area contributed by atoms with Gasteiger partial charge in [0.15, 0.2) is 6.61 Å². The number of methoxy groups -OCH3 is 3. The normalized spacial score (nSPS) is 10.4. The van der Waals surface area contributed by atoms with E-state index in [0.29, 0.717) is 23.6 Å². The molecule has 2 aromatic carbocycles. The molecule has 0 heterocycles. The number of oxime groups is 1. The van der Waals surface area contributed by atoms with Gasteiger partial charge < -0.3 is 24.4 Å². The van der Waals surface area contributed by atoms with E-state index in [0.717, 1.165) is 11.3 Å². The van der Waals surface area contributed by atoms with Crippen molar-refractivity contribution in [2.45, 2.75) is 6.54 Å². The molecule has 26 heavy (non-hydrogen) atoms. The van der Waals surface area contributed by atoms with Crippen molar-refractivity contribution >= 4 is 12.1 Å². The molecule has 1 N–H and O–H groups in total. The van der Waals surface area contributed by atoms with Gasteiger partial charge in [0.1, 0.15) is 17.2 Å². The van der Waals surface area contributed by atoms with Crippen LogP contribution in [0.4, 0.5) is 0 Å². The predicted molar refractivity (Wildman–Crippen MR) is 97.9 cm³/mol. The molecular weight excluding hydrogens is 336 g/mol. The zero-order chi connectivity index (χ0) is 18.8. The number of hydrogen-bond acceptors (Lipinski definition) is 6. The van der Waals surface area contributed by atoms with Crippen LogP contribution >= 0.6 is 0 Å². The minimum Gasteiger partial charge on any atom is -0.497 e. The predicted octanol–water partition coefficient (Wildman–Crippen LogP) is 2.38. The summed E-state index contributed by atoms with van der Waals surface area (Å²) in [5, 5.41) is 6.56. The van der Waals surface area contributed by atoms with E-state index in [1.165, 1.54) is 6.21 Å². The fourth-order valence-electron chi connectivity index (χ4n) is 2.22. The van der Waals surface area contributed by atoms with Gasteiger partial charge in [0, 0.05) is 17.7 Å². The first kappa shape index (κ1) is 19.1. The van der Waals surface area contributed by atoms with E-state index in [4.69, 9.17) is 19.0 Å². The summed E-state index contributed by atoms with van der Waals surface area (Å²) in [6.07, 6.45) is 1.47. The monoisotopic (exact) mass is 358 g/mol. The van der Waals surface area contributed by atoms with Crippen molar-refractivity contribution in [3.8, 4) is 17.2 Å². The Hall–Kier alpha value is -3.22. The lowest BCUT2D eigenvalue weighted by atomic mass is 10.2. The van der Waals surface area contributed by atoms with Gasteiger partial charge in [0.2, 0.25) is 0 Å². The lowest BCUT2D eigenvalue weighted by Crippen LogP contribution is -2.26. The van der Waals surface area contributed by atoms with Crippen LogP contribution in [0, 0.1) is 0 Å². The minimum atomic E-state index is -0.286. The molecule has 138 valence electrons. The molecule has 0 fully saturated rings. The Morgan fingerprint density at radius 2 is 1.81 bits per heavy atom. The molecule has 7 heteroatoms. The Bertz CT molecular complexity index is 761. The summed E-state index contributed by atoms with van der Waals surface area (Å²) in [5.74, 6) is 1.73. The lowest BCUT2D eigenvalue weighted by molar-refractivity contribution is -0.125. The maximum Gasteiger partial charge on any atom is 0.261 e. The van der Waals surface area contributed by atoms with Crippen LogP contribution in [0.15, 0.2) is 47.6 Å². The number of para-hydroxylation sites is 1. The lowest BCUT2D eigenvalue weighted by Gasteiger charge is -2.09. The van der Waals surface area contributed by atoms with Crippen molar-refractivity contribution in [2.75, 3.05) is 27.9 Å². The highest BCUT2D eigenvalue weighted by Crippen LogP contribution is 2.22. The van der Waals surface area contributed by atoms with Crippen LogP contribution in [0.2, 0.25) is 0 Å². The number of carbonyl (C=O) groups is 1. The standard InChI is InChI=1S/C19H22N2O5/c1-23-16-8-9-18(25-3)15(10-16)12-21-26-13-19(22)20-11-14-6-4-5-7-17(14)24-2/h4-10,12H,11,13H2,1-3H3,(H,20,22)/b21-12-. The van der Waals surface area contributed by atoms with Crippen LogP contribution in [0.25, 0.3) is 0 Å². The molecule has 0 aliphatic rings. The summed E-state index contributed by atoms with van der Waals surface area (Å²) in [7, 11) is 4.72. The average molecular weight is 358 g/mol. The first-order valence-electron chi connectivity index (χ1n) is 7.94. The number of rotatable bonds is 9. The molecule has 0 unspecified atom stereocenters. The zero-order valence-electron chi connectivity index (χ0n) is 15.0. The van der Waals surface area contributed by atoms with Crippen molar-refractivity contribution in [2.24, 2.45) is 5.16 Å². The Kier molecular flexibility index (Phi) is 7.30. The summed E-state index contributed by atoms with van der Waals surface area (Å²) in [6.45, 7) is 0.150. The highest BCUT2D eigenvalue weighted by Gasteiger charge is 2.06. The van der Waals surface area contributed by atoms with E-state index in [1.54, 1.807) is 39.5 Å². The number of hydrogen-bond donors (Lipinski definition) is 1. The number of benzene rings is 2. The molecule has 0 radical (unpaired) electrons. The number of nitrogens with one attached hydrogen (secondary N) is 1. The van der Waals surface area contributed by atoms with E-state index in [1.807, 2.05) is 24.3 Å². The third-order valence-electron chi connectivity index (χ3n) is 3.57. The number of ether oxygens (including phenoxy) is 3. The van der Waals surface area contributed by atoms with Crippen LogP contribution in [-0.4, -0.2) is 40.1 Å². The van der Waals surface area contributed by atoms with Gasteiger partial charge in [-0.15, -0.1) is 0 Å². The molecular formula is C19H22N2O5. The van der Waals surface area contributed by atoms with Gasteiger partial charge in [-0.25, -0.2) is 0 Å². The van der Waals surface area contributed by atoms with Gasteiger partial charge in [-0.1, -0.05) is 23.4 Å². The number of nitrogens with zero attached hydrogens (tertiary/aromatic N) is 1. The summed E-state index contributed by atoms with van der Waals surface area (Å²) < 4.78 is 15.6. The van der Waals surface area contributed by atoms with Crippen LogP contribution in [0.3, 0.4) is 0 Å². The molecule has 2 aromatic rings. The van der Waals surface area contributed by atoms with Gasteiger partial charge in [-0.3, -0.25) is 4.79 Å². The molecule has 0 saturated carbocycles. The Labute approximate surface area is 152 Å². The third-order valence-corrected chi connectivity index (χ3v) is 3.57. The van der Waals surface area contributed by atoms with Crippen LogP contribution in [-0.2, 0) is 16.2 Å². The maximum atomic E-state index is 11.9. The van der Waals surface area contributed by atoms with E-state index in [2.05, 4.69) is 10.5 Å². The van der Waals surface area contributed by atoms with Gasteiger partial charge >= 0.3 is 0 Å². The summed E-state index contributed by atoms with van der Waals surface area (Å²) in [4.78, 5) is 16.9. The SMILES string of the molecule is COc1ccc(OC)c(/C=N\OCC(=O)NCc2ccccc2OC)c1. The first-order chi connectivity index (χ1) is 12.7. The molecule has 0 spiro atoms. The van der Waals surface area contributed by atoms with Crippen LogP contribution in [0.5, 0.6) is 17.2 Å². The average Bonchev–Trinajstić information content (AvgIpc) is 2.69. The second-order valence-corrected chi connectivity index (χ2v) is 5.20. The Balaban J connectivity index is 1.83. The maximum absolute atomic E-state index is 11.9. The summed E-state index contributed by atoms with van der Waals surface area (Å²) >= 11 is 0. The fourth-order valence-corrected chi connectivity index (χ4v) is 2.22. The first-order valence-corrected chi connectivity index (χ1v) is 7.94. The molecule has 0 aliphatic carbocycles. The molecule has 7 nitrogen and oxygen atoms in total. The van der Waals surface area contributed by atoms with Crippen molar-refractivity contribution < 1.29 is 23.8 Å². The van der Waals surface area contributed by atoms with Crippen molar-refractivity contribution in [3.05, 3.63) is 53.6 Å². The smallest absolute Gasteiger partial charge is 0.261 e. The summed E-state index contributed by atoms with van der Waals surface area (Å²) in [5.41, 5.74) is 1.56. The minimum absolute atomic E-state index is 0.196. The molecule has 0 aliphatic heterocycles. The highest BCUT2D eigenvalue weighted by atomic mass is 16.6.